The van der Waals surface area contributed by atoms with Crippen LogP contribution in [0.15, 0.2) is 30.3 Å². The molecule has 58 valence electrons. The van der Waals surface area contributed by atoms with E-state index in [1.54, 1.807) is 0 Å². The van der Waals surface area contributed by atoms with Crippen molar-refractivity contribution in [2.45, 2.75) is 18.9 Å². The van der Waals surface area contributed by atoms with Crippen LogP contribution >= 0.6 is 0 Å². The summed E-state index contributed by atoms with van der Waals surface area (Å²) in [5, 5.41) is 0. The maximum absolute atomic E-state index is 5.13. The smallest absolute Gasteiger partial charge is 0.0813 e. The summed E-state index contributed by atoms with van der Waals surface area (Å²) in [6.07, 6.45) is 2.91. The lowest BCUT2D eigenvalue weighted by Gasteiger charge is -1.96. The molecular formula is C10H12O. The minimum Gasteiger partial charge on any atom is -0.373 e. The highest BCUT2D eigenvalue weighted by atomic mass is 16.6. The summed E-state index contributed by atoms with van der Waals surface area (Å²) in [5.74, 6) is 0. The molecule has 0 radical (unpaired) electrons. The first-order valence-electron chi connectivity index (χ1n) is 4.11. The fraction of sp³-hybridized carbons (Fsp3) is 0.400. The summed E-state index contributed by atoms with van der Waals surface area (Å²) >= 11 is 0. The third kappa shape index (κ3) is 2.05. The van der Waals surface area contributed by atoms with Crippen LogP contribution in [0.1, 0.15) is 12.0 Å². The minimum absolute atomic E-state index is 0.565. The molecule has 1 saturated heterocycles. The second-order valence-electron chi connectivity index (χ2n) is 2.98. The van der Waals surface area contributed by atoms with Gasteiger partial charge in [-0.15, -0.1) is 0 Å². The third-order valence-corrected chi connectivity index (χ3v) is 2.00. The van der Waals surface area contributed by atoms with Crippen LogP contribution in [-0.2, 0) is 11.2 Å². The highest BCUT2D eigenvalue weighted by molar-refractivity contribution is 5.14. The lowest BCUT2D eigenvalue weighted by atomic mass is 10.1. The molecule has 2 rings (SSSR count). The molecule has 1 aromatic carbocycles. The van der Waals surface area contributed by atoms with Gasteiger partial charge in [0, 0.05) is 0 Å². The van der Waals surface area contributed by atoms with Gasteiger partial charge in [-0.05, 0) is 18.4 Å². The molecule has 1 aliphatic rings. The van der Waals surface area contributed by atoms with E-state index in [0.29, 0.717) is 6.10 Å². The van der Waals surface area contributed by atoms with Crippen molar-refractivity contribution in [3.8, 4) is 0 Å². The lowest BCUT2D eigenvalue weighted by Crippen LogP contribution is -1.89. The Morgan fingerprint density at radius 2 is 2.00 bits per heavy atom. The van der Waals surface area contributed by atoms with Gasteiger partial charge in [0.2, 0.25) is 0 Å². The zero-order valence-electron chi connectivity index (χ0n) is 6.49. The number of rotatable bonds is 3. The molecule has 0 spiro atoms. The molecule has 1 aliphatic heterocycles. The number of hydrogen-bond donors (Lipinski definition) is 0. The topological polar surface area (TPSA) is 12.5 Å². The molecule has 1 heteroatoms. The van der Waals surface area contributed by atoms with Gasteiger partial charge in [-0.3, -0.25) is 0 Å². The van der Waals surface area contributed by atoms with Crippen molar-refractivity contribution in [1.82, 2.24) is 0 Å². The number of hydrogen-bond acceptors (Lipinski definition) is 1. The molecule has 1 heterocycles. The van der Waals surface area contributed by atoms with Crippen molar-refractivity contribution < 1.29 is 4.74 Å². The highest BCUT2D eigenvalue weighted by Gasteiger charge is 2.21. The first-order chi connectivity index (χ1) is 5.45. The largest absolute Gasteiger partial charge is 0.373 e. The Morgan fingerprint density at radius 1 is 1.27 bits per heavy atom. The van der Waals surface area contributed by atoms with Gasteiger partial charge in [0.25, 0.3) is 0 Å². The van der Waals surface area contributed by atoms with Crippen LogP contribution in [0.3, 0.4) is 0 Å². The van der Waals surface area contributed by atoms with E-state index in [-0.39, 0.29) is 0 Å². The predicted octanol–water partition coefficient (Wildman–Crippen LogP) is 2.02. The van der Waals surface area contributed by atoms with Crippen molar-refractivity contribution >= 4 is 0 Å². The number of epoxide rings is 1. The van der Waals surface area contributed by atoms with Gasteiger partial charge in [0.15, 0.2) is 0 Å². The summed E-state index contributed by atoms with van der Waals surface area (Å²) < 4.78 is 5.13. The first-order valence-corrected chi connectivity index (χ1v) is 4.11. The number of benzene rings is 1. The van der Waals surface area contributed by atoms with E-state index in [2.05, 4.69) is 30.3 Å². The van der Waals surface area contributed by atoms with Crippen LogP contribution in [0, 0.1) is 0 Å². The van der Waals surface area contributed by atoms with Gasteiger partial charge in [-0.1, -0.05) is 30.3 Å². The van der Waals surface area contributed by atoms with Crippen LogP contribution < -0.4 is 0 Å². The Bertz CT molecular complexity index is 214. The Kier molecular flexibility index (Phi) is 1.91. The summed E-state index contributed by atoms with van der Waals surface area (Å²) in [4.78, 5) is 0. The van der Waals surface area contributed by atoms with Crippen LogP contribution in [0.5, 0.6) is 0 Å². The Hall–Kier alpha value is -0.820. The molecule has 0 N–H and O–H groups in total. The molecule has 11 heavy (non-hydrogen) atoms. The first kappa shape index (κ1) is 6.86. The lowest BCUT2D eigenvalue weighted by molar-refractivity contribution is 0.397. The molecule has 0 aromatic heterocycles. The van der Waals surface area contributed by atoms with Crippen molar-refractivity contribution in [2.75, 3.05) is 6.61 Å². The van der Waals surface area contributed by atoms with Crippen molar-refractivity contribution in [2.24, 2.45) is 0 Å². The fourth-order valence-electron chi connectivity index (χ4n) is 1.21. The van der Waals surface area contributed by atoms with Crippen molar-refractivity contribution in [1.29, 1.82) is 0 Å². The summed E-state index contributed by atoms with van der Waals surface area (Å²) in [5.41, 5.74) is 1.42. The normalized spacial score (nSPS) is 21.6. The third-order valence-electron chi connectivity index (χ3n) is 2.00. The molecule has 0 unspecified atom stereocenters. The van der Waals surface area contributed by atoms with Crippen molar-refractivity contribution in [3.05, 3.63) is 35.9 Å². The van der Waals surface area contributed by atoms with E-state index in [4.69, 9.17) is 4.74 Å². The highest BCUT2D eigenvalue weighted by Crippen LogP contribution is 2.16. The zero-order valence-corrected chi connectivity index (χ0v) is 6.49. The maximum Gasteiger partial charge on any atom is 0.0813 e. The molecule has 0 saturated carbocycles. The van der Waals surface area contributed by atoms with Gasteiger partial charge in [0.1, 0.15) is 0 Å². The Labute approximate surface area is 67.0 Å². The van der Waals surface area contributed by atoms with E-state index in [0.717, 1.165) is 13.0 Å². The van der Waals surface area contributed by atoms with E-state index in [1.807, 2.05) is 0 Å². The quantitative estimate of drug-likeness (QED) is 0.597. The molecule has 1 fully saturated rings. The van der Waals surface area contributed by atoms with Gasteiger partial charge in [-0.2, -0.15) is 0 Å². The summed E-state index contributed by atoms with van der Waals surface area (Å²) in [7, 11) is 0. The molecule has 0 amide bonds. The molecular weight excluding hydrogens is 136 g/mol. The van der Waals surface area contributed by atoms with Crippen molar-refractivity contribution in [3.63, 3.8) is 0 Å². The Morgan fingerprint density at radius 3 is 2.64 bits per heavy atom. The monoisotopic (exact) mass is 148 g/mol. The maximum atomic E-state index is 5.13. The predicted molar refractivity (Wildman–Crippen MR) is 44.5 cm³/mol. The van der Waals surface area contributed by atoms with E-state index < -0.39 is 0 Å². The summed E-state index contributed by atoms with van der Waals surface area (Å²) in [6.45, 7) is 0.979. The van der Waals surface area contributed by atoms with Crippen LogP contribution in [0.4, 0.5) is 0 Å². The van der Waals surface area contributed by atoms with Crippen LogP contribution in [0.25, 0.3) is 0 Å². The Balaban J connectivity index is 1.85. The minimum atomic E-state index is 0.565. The molecule has 1 aromatic rings. The summed E-state index contributed by atoms with van der Waals surface area (Å²) in [6, 6.07) is 10.6. The number of ether oxygens (including phenoxy) is 1. The van der Waals surface area contributed by atoms with E-state index in [9.17, 15) is 0 Å². The molecule has 1 nitrogen and oxygen atoms in total. The van der Waals surface area contributed by atoms with Gasteiger partial charge in [-0.25, -0.2) is 0 Å². The fourth-order valence-corrected chi connectivity index (χ4v) is 1.21. The van der Waals surface area contributed by atoms with Gasteiger partial charge < -0.3 is 4.74 Å². The molecule has 0 aliphatic carbocycles. The van der Waals surface area contributed by atoms with E-state index >= 15 is 0 Å². The zero-order chi connectivity index (χ0) is 7.52. The molecule has 1 atom stereocenters. The SMILES string of the molecule is c1ccc(CC[C@@H]2CO2)cc1. The van der Waals surface area contributed by atoms with Crippen LogP contribution in [-0.4, -0.2) is 12.7 Å². The van der Waals surface area contributed by atoms with Gasteiger partial charge in [0.05, 0.1) is 12.7 Å². The standard InChI is InChI=1S/C10H12O/c1-2-4-9(5-3-1)6-7-10-8-11-10/h1-5,10H,6-8H2/t10-/m1/s1. The second-order valence-corrected chi connectivity index (χ2v) is 2.98. The average Bonchev–Trinajstić information content (AvgIpc) is 2.86. The van der Waals surface area contributed by atoms with E-state index in [1.165, 1.54) is 12.0 Å². The van der Waals surface area contributed by atoms with Crippen LogP contribution in [0.2, 0.25) is 0 Å². The average molecular weight is 148 g/mol. The molecule has 0 bridgehead atoms. The van der Waals surface area contributed by atoms with Gasteiger partial charge >= 0.3 is 0 Å². The number of aryl methyl sites for hydroxylation is 1. The second kappa shape index (κ2) is 3.05.